The molecule has 0 spiro atoms. The van der Waals surface area contributed by atoms with Gasteiger partial charge in [-0.05, 0) is 172 Å². The summed E-state index contributed by atoms with van der Waals surface area (Å²) in [5, 5.41) is 30.1. The Morgan fingerprint density at radius 2 is 0.981 bits per heavy atom. The summed E-state index contributed by atoms with van der Waals surface area (Å²) in [6.07, 6.45) is 24.3. The monoisotopic (exact) mass is 696 g/mol. The van der Waals surface area contributed by atoms with Gasteiger partial charge in [0.1, 0.15) is 0 Å². The van der Waals surface area contributed by atoms with E-state index in [0.717, 1.165) is 76.2 Å². The number of hydrogen-bond acceptors (Lipinski definition) is 2. The lowest BCUT2D eigenvalue weighted by Gasteiger charge is -2.58. The van der Waals surface area contributed by atoms with Crippen molar-refractivity contribution >= 4 is 55.0 Å². The maximum Gasteiger partial charge on any atom is 0.336 e. The third-order valence-electron chi connectivity index (χ3n) is 15.9. The first kappa shape index (κ1) is 34.1. The van der Waals surface area contributed by atoms with Crippen molar-refractivity contribution in [2.24, 2.45) is 10.8 Å². The molecule has 6 aliphatic rings. The van der Waals surface area contributed by atoms with Gasteiger partial charge in [-0.15, -0.1) is 0 Å². The summed E-state index contributed by atoms with van der Waals surface area (Å²) in [5.74, 6) is -1.68. The molecule has 0 atom stereocenters. The number of fused-ring (bicyclic) bond motifs is 8. The van der Waals surface area contributed by atoms with Crippen LogP contribution in [0.4, 0.5) is 0 Å². The van der Waals surface area contributed by atoms with Gasteiger partial charge in [0.05, 0.1) is 11.1 Å². The highest BCUT2D eigenvalue weighted by atomic mass is 16.4. The molecule has 6 saturated carbocycles. The van der Waals surface area contributed by atoms with Crippen molar-refractivity contribution in [2.75, 3.05) is 0 Å². The van der Waals surface area contributed by atoms with E-state index in [0.29, 0.717) is 22.0 Å². The van der Waals surface area contributed by atoms with Crippen LogP contribution in [-0.4, -0.2) is 22.2 Å². The van der Waals surface area contributed by atoms with E-state index < -0.39 is 11.9 Å². The molecule has 6 fully saturated rings. The van der Waals surface area contributed by atoms with Crippen LogP contribution in [0.3, 0.4) is 0 Å². The number of hydrogen-bond donors (Lipinski definition) is 2. The van der Waals surface area contributed by atoms with Crippen LogP contribution < -0.4 is 0 Å². The molecule has 4 nitrogen and oxygen atoms in total. The van der Waals surface area contributed by atoms with E-state index in [2.05, 4.69) is 32.0 Å². The van der Waals surface area contributed by atoms with Crippen LogP contribution in [0.1, 0.15) is 174 Å². The van der Waals surface area contributed by atoms with Crippen molar-refractivity contribution < 1.29 is 19.8 Å². The van der Waals surface area contributed by atoms with E-state index in [1.54, 1.807) is 6.07 Å². The normalized spacial score (nSPS) is 28.5. The second kappa shape index (κ2) is 12.5. The molecule has 0 saturated heterocycles. The van der Waals surface area contributed by atoms with Gasteiger partial charge in [-0.25, -0.2) is 9.59 Å². The van der Waals surface area contributed by atoms with Gasteiger partial charge >= 0.3 is 11.9 Å². The number of carbonyl (C=O) groups is 2. The summed E-state index contributed by atoms with van der Waals surface area (Å²) in [5.41, 5.74) is 4.10. The molecule has 272 valence electrons. The standard InChI is InChI=1S/C48H56O4/c1-3-5-7-17-45-19-25-47(26-20-45,27-21-45)41-39-35-13-10-12-32-34(43(49)50)16-15-33(37(32)35)31-11-9-14-36(38(31)39)40(44(51)52)42(41)48-28-22-46(23-29-48,24-30-48)18-8-6-4-2/h9-16H,3-8,17-30H2,1-2H3,(H,49,50)(H,51,52). The lowest BCUT2D eigenvalue weighted by atomic mass is 9.46. The van der Waals surface area contributed by atoms with E-state index in [1.165, 1.54) is 106 Å². The third-order valence-corrected chi connectivity index (χ3v) is 15.9. The molecule has 4 heteroatoms. The smallest absolute Gasteiger partial charge is 0.336 e. The van der Waals surface area contributed by atoms with Gasteiger partial charge in [-0.3, -0.25) is 0 Å². The highest BCUT2D eigenvalue weighted by Crippen LogP contribution is 2.67. The molecule has 11 rings (SSSR count). The van der Waals surface area contributed by atoms with Crippen LogP contribution in [0.25, 0.3) is 43.1 Å². The molecule has 5 aromatic carbocycles. The Hall–Kier alpha value is -3.66. The Balaban J connectivity index is 1.36. The van der Waals surface area contributed by atoms with Crippen molar-refractivity contribution in [1.82, 2.24) is 0 Å². The van der Waals surface area contributed by atoms with Gasteiger partial charge < -0.3 is 10.2 Å². The zero-order chi connectivity index (χ0) is 35.9. The average molecular weight is 697 g/mol. The molecule has 52 heavy (non-hydrogen) atoms. The topological polar surface area (TPSA) is 74.6 Å². The number of rotatable bonds is 12. The van der Waals surface area contributed by atoms with Crippen molar-refractivity contribution in [3.05, 3.63) is 70.8 Å². The van der Waals surface area contributed by atoms with Crippen LogP contribution in [0.2, 0.25) is 0 Å². The molecule has 0 radical (unpaired) electrons. The molecule has 0 heterocycles. The van der Waals surface area contributed by atoms with E-state index in [9.17, 15) is 19.8 Å². The molecule has 6 aliphatic carbocycles. The van der Waals surface area contributed by atoms with Crippen LogP contribution >= 0.6 is 0 Å². The summed E-state index contributed by atoms with van der Waals surface area (Å²) < 4.78 is 0. The maximum atomic E-state index is 14.0. The fourth-order valence-electron chi connectivity index (χ4n) is 12.9. The van der Waals surface area contributed by atoms with Crippen molar-refractivity contribution in [2.45, 2.75) is 153 Å². The number of benzene rings is 5. The molecule has 4 bridgehead atoms. The Morgan fingerprint density at radius 3 is 1.50 bits per heavy atom. The second-order valence-corrected chi connectivity index (χ2v) is 18.2. The largest absolute Gasteiger partial charge is 0.478 e. The summed E-state index contributed by atoms with van der Waals surface area (Å²) in [6.45, 7) is 4.60. The zero-order valence-corrected chi connectivity index (χ0v) is 31.5. The Morgan fingerprint density at radius 1 is 0.500 bits per heavy atom. The average Bonchev–Trinajstić information content (AvgIpc) is 3.17. The van der Waals surface area contributed by atoms with Gasteiger partial charge in [0.2, 0.25) is 0 Å². The first-order chi connectivity index (χ1) is 25.2. The number of aromatic carboxylic acids is 2. The van der Waals surface area contributed by atoms with Gasteiger partial charge in [-0.2, -0.15) is 0 Å². The minimum atomic E-state index is -0.905. The Kier molecular flexibility index (Phi) is 8.18. The quantitative estimate of drug-likeness (QED) is 0.0773. The highest BCUT2D eigenvalue weighted by Gasteiger charge is 2.56. The van der Waals surface area contributed by atoms with E-state index >= 15 is 0 Å². The van der Waals surface area contributed by atoms with Gasteiger partial charge in [0, 0.05) is 0 Å². The summed E-state index contributed by atoms with van der Waals surface area (Å²) in [4.78, 5) is 26.7. The van der Waals surface area contributed by atoms with E-state index in [1.807, 2.05) is 24.3 Å². The van der Waals surface area contributed by atoms with Crippen molar-refractivity contribution in [1.29, 1.82) is 0 Å². The molecular formula is C48H56O4. The maximum absolute atomic E-state index is 14.0. The Labute approximate surface area is 308 Å². The zero-order valence-electron chi connectivity index (χ0n) is 31.5. The number of carboxylic acids is 2. The van der Waals surface area contributed by atoms with E-state index in [-0.39, 0.29) is 10.8 Å². The molecule has 5 aromatic rings. The van der Waals surface area contributed by atoms with Crippen molar-refractivity contribution in [3.8, 4) is 0 Å². The number of carboxylic acid groups (broad SMARTS) is 2. The van der Waals surface area contributed by atoms with Gasteiger partial charge in [0.15, 0.2) is 0 Å². The first-order valence-electron chi connectivity index (χ1n) is 20.9. The van der Waals surface area contributed by atoms with Crippen LogP contribution in [0, 0.1) is 10.8 Å². The lowest BCUT2D eigenvalue weighted by Crippen LogP contribution is -2.49. The predicted octanol–water partition coefficient (Wildman–Crippen LogP) is 13.5. The van der Waals surface area contributed by atoms with Gasteiger partial charge in [0.25, 0.3) is 0 Å². The summed E-state index contributed by atoms with van der Waals surface area (Å²) >= 11 is 0. The first-order valence-corrected chi connectivity index (χ1v) is 20.9. The molecule has 0 aromatic heterocycles. The lowest BCUT2D eigenvalue weighted by molar-refractivity contribution is 0.0188. The molecule has 2 N–H and O–H groups in total. The summed E-state index contributed by atoms with van der Waals surface area (Å²) in [7, 11) is 0. The third kappa shape index (κ3) is 4.91. The fourth-order valence-corrected chi connectivity index (χ4v) is 12.9. The van der Waals surface area contributed by atoms with Crippen LogP contribution in [0.5, 0.6) is 0 Å². The molecule has 0 aliphatic heterocycles. The van der Waals surface area contributed by atoms with Crippen molar-refractivity contribution in [3.63, 3.8) is 0 Å². The minimum absolute atomic E-state index is 0.0748. The molecule has 0 unspecified atom stereocenters. The SMILES string of the molecule is CCCCCC12CCC(c3c(C(=O)O)c4cccc5c6ccc(C(=O)O)c7cccc(c(c3C38CCC(CCCCC)(CC3)CC8)c45)c76)(CC1)CC2. The minimum Gasteiger partial charge on any atom is -0.478 e. The predicted molar refractivity (Wildman–Crippen MR) is 213 cm³/mol. The fraction of sp³-hybridized carbons (Fsp3) is 0.542. The van der Waals surface area contributed by atoms with Gasteiger partial charge in [-0.1, -0.05) is 94.8 Å². The van der Waals surface area contributed by atoms with Crippen LogP contribution in [-0.2, 0) is 10.8 Å². The molecular weight excluding hydrogens is 641 g/mol. The van der Waals surface area contributed by atoms with E-state index in [4.69, 9.17) is 0 Å². The molecule has 0 amide bonds. The Bertz CT molecular complexity index is 2170. The summed E-state index contributed by atoms with van der Waals surface area (Å²) in [6, 6.07) is 16.3. The van der Waals surface area contributed by atoms with Crippen LogP contribution in [0.15, 0.2) is 48.5 Å². The second-order valence-electron chi connectivity index (χ2n) is 18.2. The number of unbranched alkanes of at least 4 members (excludes halogenated alkanes) is 4. The highest BCUT2D eigenvalue weighted by molar-refractivity contribution is 6.36.